The first kappa shape index (κ1) is 26.4. The highest BCUT2D eigenvalue weighted by atomic mass is 32.1. The van der Waals surface area contributed by atoms with Crippen molar-refractivity contribution in [3.05, 3.63) is 59.5 Å². The van der Waals surface area contributed by atoms with Gasteiger partial charge in [0.25, 0.3) is 0 Å². The lowest BCUT2D eigenvalue weighted by atomic mass is 10.1. The van der Waals surface area contributed by atoms with Gasteiger partial charge in [0.1, 0.15) is 5.75 Å². The topological polar surface area (TPSA) is 112 Å². The maximum Gasteiger partial charge on any atom is 0.230 e. The van der Waals surface area contributed by atoms with Crippen LogP contribution in [0.1, 0.15) is 18.7 Å². The zero-order valence-corrected chi connectivity index (χ0v) is 22.8. The van der Waals surface area contributed by atoms with Gasteiger partial charge in [0, 0.05) is 40.5 Å². The lowest BCUT2D eigenvalue weighted by molar-refractivity contribution is -0.122. The molecule has 0 radical (unpaired) electrons. The fourth-order valence-electron chi connectivity index (χ4n) is 4.75. The standard InChI is InChI=1S/C28H27FN4O5S/c1-14-13-31-27(39-14)33-26(35)24-23(28(24,2)3)25(34)32-15-6-7-20(17(29)10-15)38-19-8-9-30-18-12-22(37-5)21(36-4)11-16(18)19/h6-13,23-24H,1-5H3,(H,32,34)(H,31,33,35)/t23-,24+/m1/s1. The Hall–Kier alpha value is -4.25. The van der Waals surface area contributed by atoms with Crippen LogP contribution in [0.15, 0.2) is 48.8 Å². The van der Waals surface area contributed by atoms with E-state index in [1.54, 1.807) is 36.7 Å². The monoisotopic (exact) mass is 550 g/mol. The van der Waals surface area contributed by atoms with Gasteiger partial charge in [-0.2, -0.15) is 0 Å². The minimum absolute atomic E-state index is 0.0296. The number of anilines is 2. The van der Waals surface area contributed by atoms with Crippen LogP contribution < -0.4 is 24.8 Å². The largest absolute Gasteiger partial charge is 0.493 e. The summed E-state index contributed by atoms with van der Waals surface area (Å²) in [4.78, 5) is 35.3. The average Bonchev–Trinajstić information content (AvgIpc) is 3.26. The molecule has 9 nitrogen and oxygen atoms in total. The van der Waals surface area contributed by atoms with E-state index in [9.17, 15) is 9.59 Å². The Morgan fingerprint density at radius 1 is 0.923 bits per heavy atom. The van der Waals surface area contributed by atoms with Gasteiger partial charge in [0.2, 0.25) is 11.8 Å². The molecule has 1 fully saturated rings. The number of amides is 2. The van der Waals surface area contributed by atoms with E-state index in [4.69, 9.17) is 14.2 Å². The molecule has 2 aromatic carbocycles. The summed E-state index contributed by atoms with van der Waals surface area (Å²) in [6, 6.07) is 9.21. The Bertz CT molecular complexity index is 1590. The van der Waals surface area contributed by atoms with Gasteiger partial charge in [-0.1, -0.05) is 13.8 Å². The molecule has 1 aliphatic rings. The van der Waals surface area contributed by atoms with E-state index in [0.717, 1.165) is 4.88 Å². The molecule has 1 saturated carbocycles. The molecule has 39 heavy (non-hydrogen) atoms. The number of hydrogen-bond acceptors (Lipinski definition) is 8. The molecule has 11 heteroatoms. The predicted molar refractivity (Wildman–Crippen MR) is 146 cm³/mol. The van der Waals surface area contributed by atoms with Gasteiger partial charge in [-0.3, -0.25) is 14.6 Å². The van der Waals surface area contributed by atoms with Crippen molar-refractivity contribution in [1.29, 1.82) is 0 Å². The molecule has 0 unspecified atom stereocenters. The van der Waals surface area contributed by atoms with Crippen molar-refractivity contribution >= 4 is 44.9 Å². The second-order valence-corrected chi connectivity index (χ2v) is 11.0. The first-order valence-corrected chi connectivity index (χ1v) is 13.0. The van der Waals surface area contributed by atoms with Gasteiger partial charge in [0.05, 0.1) is 31.6 Å². The van der Waals surface area contributed by atoms with Gasteiger partial charge in [-0.25, -0.2) is 9.37 Å². The SMILES string of the molecule is COc1cc2nccc(Oc3ccc(NC(=O)[C@H]4[C@@H](C(=O)Nc5ncc(C)s5)C4(C)C)cc3F)c2cc1OC. The van der Waals surface area contributed by atoms with Gasteiger partial charge >= 0.3 is 0 Å². The summed E-state index contributed by atoms with van der Waals surface area (Å²) in [5.41, 5.74) is 0.298. The number of thiazole rings is 1. The number of hydrogen-bond donors (Lipinski definition) is 2. The van der Waals surface area contributed by atoms with E-state index in [1.807, 2.05) is 20.8 Å². The lowest BCUT2D eigenvalue weighted by Gasteiger charge is -2.13. The van der Waals surface area contributed by atoms with Crippen LogP contribution in [-0.2, 0) is 9.59 Å². The van der Waals surface area contributed by atoms with Gasteiger partial charge < -0.3 is 24.8 Å². The maximum absolute atomic E-state index is 15.1. The van der Waals surface area contributed by atoms with Gasteiger partial charge in [0.15, 0.2) is 28.2 Å². The molecule has 0 bridgehead atoms. The van der Waals surface area contributed by atoms with Crippen LogP contribution in [0.2, 0.25) is 0 Å². The zero-order chi connectivity index (χ0) is 27.9. The predicted octanol–water partition coefficient (Wildman–Crippen LogP) is 5.80. The minimum atomic E-state index is -0.665. The molecule has 202 valence electrons. The van der Waals surface area contributed by atoms with Gasteiger partial charge in [-0.05, 0) is 36.6 Å². The molecule has 5 rings (SSSR count). The van der Waals surface area contributed by atoms with Crippen LogP contribution in [0.5, 0.6) is 23.0 Å². The lowest BCUT2D eigenvalue weighted by Crippen LogP contribution is -2.20. The Morgan fingerprint density at radius 3 is 2.26 bits per heavy atom. The number of carbonyl (C=O) groups excluding carboxylic acids is 2. The molecule has 4 aromatic rings. The number of aromatic nitrogens is 2. The summed E-state index contributed by atoms with van der Waals surface area (Å²) < 4.78 is 31.6. The fraction of sp³-hybridized carbons (Fsp3) is 0.286. The Morgan fingerprint density at radius 2 is 1.62 bits per heavy atom. The van der Waals surface area contributed by atoms with Crippen molar-refractivity contribution < 1.29 is 28.2 Å². The first-order chi connectivity index (χ1) is 18.6. The van der Waals surface area contributed by atoms with E-state index in [1.165, 1.54) is 37.7 Å². The molecular weight excluding hydrogens is 523 g/mol. The Labute approximate surface area is 228 Å². The van der Waals surface area contributed by atoms with Crippen molar-refractivity contribution in [2.45, 2.75) is 20.8 Å². The van der Waals surface area contributed by atoms with E-state index in [-0.39, 0.29) is 23.3 Å². The number of fused-ring (bicyclic) bond motifs is 1. The highest BCUT2D eigenvalue weighted by molar-refractivity contribution is 7.15. The van der Waals surface area contributed by atoms with Crippen molar-refractivity contribution in [1.82, 2.24) is 9.97 Å². The number of methoxy groups -OCH3 is 2. The molecule has 0 spiro atoms. The summed E-state index contributed by atoms with van der Waals surface area (Å²) in [5.74, 6) is -1.03. The summed E-state index contributed by atoms with van der Waals surface area (Å²) in [7, 11) is 3.05. The molecule has 2 heterocycles. The van der Waals surface area contributed by atoms with E-state index >= 15 is 4.39 Å². The second-order valence-electron chi connectivity index (χ2n) is 9.81. The first-order valence-electron chi connectivity index (χ1n) is 12.1. The third kappa shape index (κ3) is 5.09. The molecule has 2 atom stereocenters. The fourth-order valence-corrected chi connectivity index (χ4v) is 5.42. The quantitative estimate of drug-likeness (QED) is 0.285. The van der Waals surface area contributed by atoms with Crippen LogP contribution in [0.3, 0.4) is 0 Å². The van der Waals surface area contributed by atoms with Crippen LogP contribution >= 0.6 is 11.3 Å². The van der Waals surface area contributed by atoms with Crippen molar-refractivity contribution in [3.63, 3.8) is 0 Å². The summed E-state index contributed by atoms with van der Waals surface area (Å²) >= 11 is 1.37. The van der Waals surface area contributed by atoms with E-state index in [2.05, 4.69) is 20.6 Å². The molecule has 2 aromatic heterocycles. The van der Waals surface area contributed by atoms with Crippen LogP contribution in [0.25, 0.3) is 10.9 Å². The summed E-state index contributed by atoms with van der Waals surface area (Å²) in [5, 5.41) is 6.63. The Balaban J connectivity index is 1.29. The minimum Gasteiger partial charge on any atom is -0.493 e. The van der Waals surface area contributed by atoms with Gasteiger partial charge in [-0.15, -0.1) is 11.3 Å². The summed E-state index contributed by atoms with van der Waals surface area (Å²) in [6.45, 7) is 5.61. The molecule has 1 aliphatic carbocycles. The number of carbonyl (C=O) groups is 2. The molecule has 0 aliphatic heterocycles. The molecular formula is C28H27FN4O5S. The van der Waals surface area contributed by atoms with Crippen LogP contribution in [0, 0.1) is 30.0 Å². The van der Waals surface area contributed by atoms with Crippen molar-refractivity contribution in [2.75, 3.05) is 24.9 Å². The number of halogens is 1. The third-order valence-corrected chi connectivity index (χ3v) is 7.70. The second kappa shape index (κ2) is 10.1. The normalized spacial score (nSPS) is 17.4. The smallest absolute Gasteiger partial charge is 0.230 e. The number of aryl methyl sites for hydroxylation is 1. The Kier molecular flexibility index (Phi) is 6.85. The average molecular weight is 551 g/mol. The van der Waals surface area contributed by atoms with E-state index in [0.29, 0.717) is 33.3 Å². The zero-order valence-electron chi connectivity index (χ0n) is 22.0. The highest BCUT2D eigenvalue weighted by Gasteiger charge is 2.65. The molecule has 2 amide bonds. The van der Waals surface area contributed by atoms with Crippen LogP contribution in [-0.4, -0.2) is 36.0 Å². The van der Waals surface area contributed by atoms with Crippen molar-refractivity contribution in [3.8, 4) is 23.0 Å². The van der Waals surface area contributed by atoms with E-state index < -0.39 is 23.1 Å². The maximum atomic E-state index is 15.1. The molecule has 0 saturated heterocycles. The third-order valence-electron chi connectivity index (χ3n) is 6.87. The number of ether oxygens (including phenoxy) is 3. The number of nitrogens with zero attached hydrogens (tertiary/aromatic N) is 2. The number of nitrogens with one attached hydrogen (secondary N) is 2. The van der Waals surface area contributed by atoms with Crippen molar-refractivity contribution in [2.24, 2.45) is 17.3 Å². The van der Waals surface area contributed by atoms with Crippen LogP contribution in [0.4, 0.5) is 15.2 Å². The number of benzene rings is 2. The molecule has 2 N–H and O–H groups in total. The summed E-state index contributed by atoms with van der Waals surface area (Å²) in [6.07, 6.45) is 3.23. The number of rotatable bonds is 8. The number of pyridine rings is 1. The highest BCUT2D eigenvalue weighted by Crippen LogP contribution is 2.59.